The van der Waals surface area contributed by atoms with E-state index in [0.717, 1.165) is 30.7 Å². The van der Waals surface area contributed by atoms with Crippen LogP contribution in [0.25, 0.3) is 0 Å². The summed E-state index contributed by atoms with van der Waals surface area (Å²) in [6.45, 7) is 2.56. The summed E-state index contributed by atoms with van der Waals surface area (Å²) >= 11 is 1.56. The average Bonchev–Trinajstić information content (AvgIpc) is 2.74. The molecule has 1 aromatic rings. The van der Waals surface area contributed by atoms with Gasteiger partial charge in [-0.25, -0.2) is 4.79 Å². The number of hydrogen-bond acceptors (Lipinski definition) is 3. The number of carbonyl (C=O) groups is 1. The molecule has 3 N–H and O–H groups in total. The molecule has 1 aromatic heterocycles. The molecule has 1 aliphatic carbocycles. The molecule has 1 heterocycles. The van der Waals surface area contributed by atoms with E-state index in [2.05, 4.69) is 10.6 Å². The van der Waals surface area contributed by atoms with Gasteiger partial charge in [0.1, 0.15) is 0 Å². The van der Waals surface area contributed by atoms with Crippen LogP contribution >= 0.6 is 11.3 Å². The predicted octanol–water partition coefficient (Wildman–Crippen LogP) is 2.73. The molecule has 0 unspecified atom stereocenters. The minimum atomic E-state index is -0.261. The van der Waals surface area contributed by atoms with Gasteiger partial charge in [0, 0.05) is 17.3 Å². The zero-order chi connectivity index (χ0) is 13.0. The SMILES string of the molecule is Cc1ccc(NC(=O)NC[C@H]2CCCC[C@@H]2O)s1. The molecule has 2 rings (SSSR count). The quantitative estimate of drug-likeness (QED) is 0.789. The van der Waals surface area contributed by atoms with Crippen molar-refractivity contribution >= 4 is 22.4 Å². The number of amides is 2. The molecule has 2 atom stereocenters. The first-order valence-corrected chi connectivity index (χ1v) is 7.26. The van der Waals surface area contributed by atoms with E-state index in [0.29, 0.717) is 6.54 Å². The Labute approximate surface area is 111 Å². The lowest BCUT2D eigenvalue weighted by Gasteiger charge is -2.27. The van der Waals surface area contributed by atoms with Crippen molar-refractivity contribution in [1.29, 1.82) is 0 Å². The largest absolute Gasteiger partial charge is 0.393 e. The van der Waals surface area contributed by atoms with Crippen molar-refractivity contribution in [3.63, 3.8) is 0 Å². The Kier molecular flexibility index (Phi) is 4.60. The molecule has 100 valence electrons. The van der Waals surface area contributed by atoms with Gasteiger partial charge in [0.2, 0.25) is 0 Å². The zero-order valence-electron chi connectivity index (χ0n) is 10.6. The number of aliphatic hydroxyl groups excluding tert-OH is 1. The summed E-state index contributed by atoms with van der Waals surface area (Å²) in [6.07, 6.45) is 3.84. The van der Waals surface area contributed by atoms with Gasteiger partial charge in [0.25, 0.3) is 0 Å². The van der Waals surface area contributed by atoms with Crippen LogP contribution in [0.5, 0.6) is 0 Å². The minimum Gasteiger partial charge on any atom is -0.393 e. The zero-order valence-corrected chi connectivity index (χ0v) is 11.4. The molecule has 0 aliphatic heterocycles. The normalized spacial score (nSPS) is 23.7. The van der Waals surface area contributed by atoms with E-state index in [9.17, 15) is 9.90 Å². The standard InChI is InChI=1S/C13H20N2O2S/c1-9-6-7-12(18-9)15-13(17)14-8-10-4-2-3-5-11(10)16/h6-7,10-11,16H,2-5,8H2,1H3,(H2,14,15,17)/t10-,11+/m1/s1. The predicted molar refractivity (Wildman–Crippen MR) is 74.0 cm³/mol. The van der Waals surface area contributed by atoms with Gasteiger partial charge in [-0.05, 0) is 31.9 Å². The summed E-state index contributed by atoms with van der Waals surface area (Å²) < 4.78 is 0. The van der Waals surface area contributed by atoms with Crippen molar-refractivity contribution in [3.05, 3.63) is 17.0 Å². The number of urea groups is 1. The molecule has 0 saturated heterocycles. The summed E-state index contributed by atoms with van der Waals surface area (Å²) in [6, 6.07) is 3.69. The Bertz CT molecular complexity index is 405. The Hall–Kier alpha value is -1.07. The van der Waals surface area contributed by atoms with Gasteiger partial charge in [0.15, 0.2) is 0 Å². The lowest BCUT2D eigenvalue weighted by atomic mass is 9.86. The fourth-order valence-electron chi connectivity index (χ4n) is 2.31. The van der Waals surface area contributed by atoms with Crippen molar-refractivity contribution < 1.29 is 9.90 Å². The number of rotatable bonds is 3. The van der Waals surface area contributed by atoms with E-state index in [1.165, 1.54) is 4.88 Å². The maximum Gasteiger partial charge on any atom is 0.319 e. The number of thiophene rings is 1. The van der Waals surface area contributed by atoms with Gasteiger partial charge >= 0.3 is 6.03 Å². The summed E-state index contributed by atoms with van der Waals surface area (Å²) in [4.78, 5) is 12.8. The Balaban J connectivity index is 1.74. The second-order valence-corrected chi connectivity index (χ2v) is 6.15. The van der Waals surface area contributed by atoms with E-state index in [1.807, 2.05) is 19.1 Å². The van der Waals surface area contributed by atoms with Crippen molar-refractivity contribution in [2.45, 2.75) is 38.7 Å². The smallest absolute Gasteiger partial charge is 0.319 e. The third-order valence-electron chi connectivity index (χ3n) is 3.37. The van der Waals surface area contributed by atoms with Crippen molar-refractivity contribution in [3.8, 4) is 0 Å². The number of hydrogen-bond donors (Lipinski definition) is 3. The van der Waals surface area contributed by atoms with Crippen LogP contribution in [-0.2, 0) is 0 Å². The Morgan fingerprint density at radius 2 is 2.22 bits per heavy atom. The van der Waals surface area contributed by atoms with E-state index < -0.39 is 0 Å². The first kappa shape index (κ1) is 13.4. The fourth-order valence-corrected chi connectivity index (χ4v) is 3.07. The van der Waals surface area contributed by atoms with Gasteiger partial charge in [-0.15, -0.1) is 11.3 Å². The van der Waals surface area contributed by atoms with Crippen LogP contribution in [-0.4, -0.2) is 23.8 Å². The molecule has 0 bridgehead atoms. The molecule has 2 amide bonds. The number of aryl methyl sites for hydroxylation is 1. The van der Waals surface area contributed by atoms with Gasteiger partial charge in [-0.2, -0.15) is 0 Å². The number of aliphatic hydroxyl groups is 1. The molecule has 1 fully saturated rings. The molecule has 18 heavy (non-hydrogen) atoms. The van der Waals surface area contributed by atoms with Gasteiger partial charge in [-0.1, -0.05) is 12.8 Å². The van der Waals surface area contributed by atoms with E-state index in [4.69, 9.17) is 0 Å². The maximum atomic E-state index is 11.7. The lowest BCUT2D eigenvalue weighted by Crippen LogP contribution is -2.38. The Morgan fingerprint density at radius 1 is 1.44 bits per heavy atom. The maximum absolute atomic E-state index is 11.7. The van der Waals surface area contributed by atoms with Crippen LogP contribution in [0.3, 0.4) is 0 Å². The molecular formula is C13H20N2O2S. The van der Waals surface area contributed by atoms with Crippen LogP contribution in [0.15, 0.2) is 12.1 Å². The third kappa shape index (κ3) is 3.71. The molecule has 5 heteroatoms. The topological polar surface area (TPSA) is 61.4 Å². The highest BCUT2D eigenvalue weighted by atomic mass is 32.1. The second kappa shape index (κ2) is 6.20. The van der Waals surface area contributed by atoms with Crippen LogP contribution in [0.4, 0.5) is 9.80 Å². The molecule has 0 spiro atoms. The van der Waals surface area contributed by atoms with Crippen LogP contribution < -0.4 is 10.6 Å². The molecule has 0 radical (unpaired) electrons. The van der Waals surface area contributed by atoms with E-state index in [1.54, 1.807) is 11.3 Å². The number of anilines is 1. The van der Waals surface area contributed by atoms with Crippen molar-refractivity contribution in [2.75, 3.05) is 11.9 Å². The highest BCUT2D eigenvalue weighted by Crippen LogP contribution is 2.24. The van der Waals surface area contributed by atoms with Crippen molar-refractivity contribution in [1.82, 2.24) is 5.32 Å². The summed E-state index contributed by atoms with van der Waals surface area (Å²) in [5, 5.41) is 16.3. The molecule has 0 aromatic carbocycles. The highest BCUT2D eigenvalue weighted by Gasteiger charge is 2.23. The molecule has 4 nitrogen and oxygen atoms in total. The van der Waals surface area contributed by atoms with Crippen LogP contribution in [0.2, 0.25) is 0 Å². The van der Waals surface area contributed by atoms with E-state index in [-0.39, 0.29) is 18.1 Å². The van der Waals surface area contributed by atoms with Gasteiger partial charge in [-0.3, -0.25) is 5.32 Å². The van der Waals surface area contributed by atoms with Crippen LogP contribution in [0.1, 0.15) is 30.6 Å². The molecule has 1 aliphatic rings. The summed E-state index contributed by atoms with van der Waals surface area (Å²) in [7, 11) is 0. The van der Waals surface area contributed by atoms with Gasteiger partial charge in [0.05, 0.1) is 11.1 Å². The van der Waals surface area contributed by atoms with Gasteiger partial charge < -0.3 is 10.4 Å². The average molecular weight is 268 g/mol. The lowest BCUT2D eigenvalue weighted by molar-refractivity contribution is 0.0712. The molecular weight excluding hydrogens is 248 g/mol. The molecule has 1 saturated carbocycles. The van der Waals surface area contributed by atoms with Crippen molar-refractivity contribution in [2.24, 2.45) is 5.92 Å². The third-order valence-corrected chi connectivity index (χ3v) is 4.29. The number of carbonyl (C=O) groups excluding carboxylic acids is 1. The highest BCUT2D eigenvalue weighted by molar-refractivity contribution is 7.16. The second-order valence-electron chi connectivity index (χ2n) is 4.86. The minimum absolute atomic E-state index is 0.186. The monoisotopic (exact) mass is 268 g/mol. The van der Waals surface area contributed by atoms with Crippen LogP contribution in [0, 0.1) is 12.8 Å². The van der Waals surface area contributed by atoms with E-state index >= 15 is 0 Å². The first-order chi connectivity index (χ1) is 8.65. The number of nitrogens with one attached hydrogen (secondary N) is 2. The Morgan fingerprint density at radius 3 is 2.89 bits per heavy atom. The fraction of sp³-hybridized carbons (Fsp3) is 0.615. The summed E-state index contributed by atoms with van der Waals surface area (Å²) in [5.74, 6) is 0.203. The summed E-state index contributed by atoms with van der Waals surface area (Å²) in [5.41, 5.74) is 0. The first-order valence-electron chi connectivity index (χ1n) is 6.44.